The number of rotatable bonds is 4. The van der Waals surface area contributed by atoms with Gasteiger partial charge in [0.25, 0.3) is 0 Å². The second kappa shape index (κ2) is 5.53. The first-order chi connectivity index (χ1) is 7.04. The second-order valence-corrected chi connectivity index (χ2v) is 5.38. The fourth-order valence-electron chi connectivity index (χ4n) is 0.839. The molecule has 0 spiro atoms. The van der Waals surface area contributed by atoms with Crippen LogP contribution in [-0.2, 0) is 0 Å². The summed E-state index contributed by atoms with van der Waals surface area (Å²) in [4.78, 5) is 15.2. The number of thioether (sulfide) groups is 1. The van der Waals surface area contributed by atoms with E-state index in [0.29, 0.717) is 10.6 Å². The monoisotopic (exact) mass is 263 g/mol. The van der Waals surface area contributed by atoms with Gasteiger partial charge in [0.05, 0.1) is 5.69 Å². The highest BCUT2D eigenvalue weighted by atomic mass is 35.5. The number of aromatic carboxylic acids is 1. The third-order valence-electron chi connectivity index (χ3n) is 1.58. The lowest BCUT2D eigenvalue weighted by Gasteiger charge is -1.95. The van der Waals surface area contributed by atoms with E-state index >= 15 is 0 Å². The minimum Gasteiger partial charge on any atom is -0.477 e. The third-order valence-corrected chi connectivity index (χ3v) is 4.43. The topological polar surface area (TPSA) is 50.2 Å². The van der Waals surface area contributed by atoms with Gasteiger partial charge in [-0.25, -0.2) is 9.78 Å². The molecular formula is C9H10ClNO2S2. The van der Waals surface area contributed by atoms with Gasteiger partial charge < -0.3 is 5.11 Å². The molecule has 1 N–H and O–H groups in total. The molecule has 0 aliphatic heterocycles. The van der Waals surface area contributed by atoms with Crippen LogP contribution in [0.15, 0.2) is 15.4 Å². The Balaban J connectivity index is 2.72. The third kappa shape index (κ3) is 3.52. The van der Waals surface area contributed by atoms with Crippen molar-refractivity contribution in [3.63, 3.8) is 0 Å². The van der Waals surface area contributed by atoms with Gasteiger partial charge in [0, 0.05) is 11.3 Å². The van der Waals surface area contributed by atoms with Crippen LogP contribution in [0.1, 0.15) is 22.3 Å². The zero-order chi connectivity index (χ0) is 11.4. The number of carbonyl (C=O) groups is 1. The lowest BCUT2D eigenvalue weighted by Crippen LogP contribution is -1.94. The molecule has 1 aromatic heterocycles. The highest BCUT2D eigenvalue weighted by Crippen LogP contribution is 2.28. The molecule has 0 amide bonds. The van der Waals surface area contributed by atoms with Crippen LogP contribution in [0.5, 0.6) is 0 Å². The lowest BCUT2D eigenvalue weighted by atomic mass is 10.4. The molecular weight excluding hydrogens is 254 g/mol. The summed E-state index contributed by atoms with van der Waals surface area (Å²) in [6, 6.07) is 0. The molecule has 0 aromatic carbocycles. The van der Waals surface area contributed by atoms with Crippen molar-refractivity contribution in [3.8, 4) is 0 Å². The van der Waals surface area contributed by atoms with Crippen molar-refractivity contribution >= 4 is 40.7 Å². The molecule has 0 saturated heterocycles. The van der Waals surface area contributed by atoms with E-state index in [1.165, 1.54) is 28.6 Å². The standard InChI is InChI=1S/C9H10ClNO2S2/c1-5(3-10)4-14-9-11-6(2)7(15-9)8(12)13/h3H,4H2,1-2H3,(H,12,13). The summed E-state index contributed by atoms with van der Waals surface area (Å²) >= 11 is 8.22. The summed E-state index contributed by atoms with van der Waals surface area (Å²) in [6.45, 7) is 3.62. The van der Waals surface area contributed by atoms with Crippen molar-refractivity contribution in [2.45, 2.75) is 18.2 Å². The van der Waals surface area contributed by atoms with Crippen LogP contribution < -0.4 is 0 Å². The molecule has 0 radical (unpaired) electrons. The van der Waals surface area contributed by atoms with Gasteiger partial charge in [-0.3, -0.25) is 0 Å². The molecule has 1 aromatic rings. The number of carboxylic acids is 1. The molecule has 82 valence electrons. The maximum Gasteiger partial charge on any atom is 0.347 e. The predicted octanol–water partition coefficient (Wildman–Crippen LogP) is 3.38. The summed E-state index contributed by atoms with van der Waals surface area (Å²) in [5.41, 5.74) is 3.12. The van der Waals surface area contributed by atoms with Gasteiger partial charge in [0.1, 0.15) is 4.88 Å². The minimum absolute atomic E-state index is 0.310. The molecule has 0 aliphatic carbocycles. The smallest absolute Gasteiger partial charge is 0.347 e. The number of aryl methyl sites for hydroxylation is 1. The summed E-state index contributed by atoms with van der Waals surface area (Å²) in [6.07, 6.45) is 0. The van der Waals surface area contributed by atoms with Crippen molar-refractivity contribution in [2.75, 3.05) is 5.75 Å². The maximum absolute atomic E-state index is 10.8. The number of carboxylic acid groups (broad SMARTS) is 1. The van der Waals surface area contributed by atoms with Crippen LogP contribution in [0.2, 0.25) is 0 Å². The van der Waals surface area contributed by atoms with E-state index in [4.69, 9.17) is 16.7 Å². The van der Waals surface area contributed by atoms with Crippen molar-refractivity contribution < 1.29 is 9.90 Å². The first-order valence-corrected chi connectivity index (χ1v) is 6.37. The van der Waals surface area contributed by atoms with Crippen LogP contribution in [0.4, 0.5) is 0 Å². The van der Waals surface area contributed by atoms with Gasteiger partial charge in [-0.15, -0.1) is 11.3 Å². The maximum atomic E-state index is 10.8. The Morgan fingerprint density at radius 2 is 2.40 bits per heavy atom. The van der Waals surface area contributed by atoms with Crippen molar-refractivity contribution in [2.24, 2.45) is 0 Å². The first-order valence-electron chi connectivity index (χ1n) is 4.14. The average Bonchev–Trinajstić information content (AvgIpc) is 2.56. The summed E-state index contributed by atoms with van der Waals surface area (Å²) in [5.74, 6) is -0.184. The fourth-order valence-corrected chi connectivity index (χ4v) is 2.94. The molecule has 1 rings (SSSR count). The van der Waals surface area contributed by atoms with E-state index in [1.807, 2.05) is 6.92 Å². The Morgan fingerprint density at radius 1 is 1.73 bits per heavy atom. The van der Waals surface area contributed by atoms with Crippen LogP contribution in [0.3, 0.4) is 0 Å². The molecule has 0 saturated carbocycles. The summed E-state index contributed by atoms with van der Waals surface area (Å²) in [7, 11) is 0. The first kappa shape index (κ1) is 12.5. The van der Waals surface area contributed by atoms with Crippen molar-refractivity contribution in [1.29, 1.82) is 0 Å². The normalized spacial score (nSPS) is 11.8. The zero-order valence-electron chi connectivity index (χ0n) is 8.28. The van der Waals surface area contributed by atoms with Crippen LogP contribution in [-0.4, -0.2) is 21.8 Å². The molecule has 0 aliphatic rings. The van der Waals surface area contributed by atoms with Gasteiger partial charge in [-0.1, -0.05) is 28.9 Å². The summed E-state index contributed by atoms with van der Waals surface area (Å²) in [5, 5.41) is 8.83. The predicted molar refractivity (Wildman–Crippen MR) is 64.1 cm³/mol. The quantitative estimate of drug-likeness (QED) is 0.846. The molecule has 15 heavy (non-hydrogen) atoms. The van der Waals surface area contributed by atoms with E-state index < -0.39 is 5.97 Å². The number of hydrogen-bond acceptors (Lipinski definition) is 4. The summed E-state index contributed by atoms with van der Waals surface area (Å²) < 4.78 is 0.766. The molecule has 0 atom stereocenters. The van der Waals surface area contributed by atoms with Crippen LogP contribution >= 0.6 is 34.7 Å². The van der Waals surface area contributed by atoms with Crippen molar-refractivity contribution in [1.82, 2.24) is 4.98 Å². The van der Waals surface area contributed by atoms with E-state index in [1.54, 1.807) is 6.92 Å². The second-order valence-electron chi connectivity index (χ2n) is 2.94. The fraction of sp³-hybridized carbons (Fsp3) is 0.333. The largest absolute Gasteiger partial charge is 0.477 e. The molecule has 1 heterocycles. The van der Waals surface area contributed by atoms with Gasteiger partial charge in [-0.05, 0) is 13.8 Å². The van der Waals surface area contributed by atoms with Gasteiger partial charge in [0.2, 0.25) is 0 Å². The number of thiazole rings is 1. The van der Waals surface area contributed by atoms with Crippen LogP contribution in [0.25, 0.3) is 0 Å². The number of hydrogen-bond donors (Lipinski definition) is 1. The van der Waals surface area contributed by atoms with Crippen molar-refractivity contribution in [3.05, 3.63) is 21.7 Å². The molecule has 6 heteroatoms. The van der Waals surface area contributed by atoms with Gasteiger partial charge >= 0.3 is 5.97 Å². The Hall–Kier alpha value is -0.520. The van der Waals surface area contributed by atoms with Crippen LogP contribution in [0, 0.1) is 6.92 Å². The zero-order valence-corrected chi connectivity index (χ0v) is 10.7. The average molecular weight is 264 g/mol. The minimum atomic E-state index is -0.915. The highest BCUT2D eigenvalue weighted by molar-refractivity contribution is 8.01. The Morgan fingerprint density at radius 3 is 2.87 bits per heavy atom. The van der Waals surface area contributed by atoms with E-state index in [-0.39, 0.29) is 0 Å². The van der Waals surface area contributed by atoms with Gasteiger partial charge in [-0.2, -0.15) is 0 Å². The SMILES string of the molecule is CC(=CCl)CSc1nc(C)c(C(=O)O)s1. The van der Waals surface area contributed by atoms with E-state index in [2.05, 4.69) is 4.98 Å². The molecule has 3 nitrogen and oxygen atoms in total. The lowest BCUT2D eigenvalue weighted by molar-refractivity contribution is 0.0701. The molecule has 0 unspecified atom stereocenters. The van der Waals surface area contributed by atoms with E-state index in [0.717, 1.165) is 15.7 Å². The Bertz CT molecular complexity index is 401. The number of halogens is 1. The number of nitrogens with zero attached hydrogens (tertiary/aromatic N) is 1. The number of aromatic nitrogens is 1. The molecule has 0 bridgehead atoms. The highest BCUT2D eigenvalue weighted by Gasteiger charge is 2.13. The van der Waals surface area contributed by atoms with E-state index in [9.17, 15) is 4.79 Å². The Labute approximate surface area is 101 Å². The van der Waals surface area contributed by atoms with Gasteiger partial charge in [0.15, 0.2) is 4.34 Å². The Kier molecular flexibility index (Phi) is 4.63. The molecule has 0 fully saturated rings.